The zero-order valence-corrected chi connectivity index (χ0v) is 14.5. The van der Waals surface area contributed by atoms with Crippen LogP contribution in [-0.4, -0.2) is 27.7 Å². The van der Waals surface area contributed by atoms with Crippen molar-refractivity contribution in [2.45, 2.75) is 33.4 Å². The van der Waals surface area contributed by atoms with Gasteiger partial charge in [-0.15, -0.1) is 5.10 Å². The lowest BCUT2D eigenvalue weighted by Gasteiger charge is -2.15. The predicted molar refractivity (Wildman–Crippen MR) is 93.9 cm³/mol. The number of rotatable bonds is 6. The maximum Gasteiger partial charge on any atom is 0.216 e. The van der Waals surface area contributed by atoms with Crippen molar-refractivity contribution in [2.75, 3.05) is 6.54 Å². The fourth-order valence-corrected chi connectivity index (χ4v) is 2.32. The molecule has 0 aromatic carbocycles. The van der Waals surface area contributed by atoms with Crippen molar-refractivity contribution >= 4 is 5.96 Å². The lowest BCUT2D eigenvalue weighted by Crippen LogP contribution is -2.38. The summed E-state index contributed by atoms with van der Waals surface area (Å²) in [4.78, 5) is 8.92. The van der Waals surface area contributed by atoms with Gasteiger partial charge in [-0.3, -0.25) is 5.10 Å². The van der Waals surface area contributed by atoms with Gasteiger partial charge in [0.25, 0.3) is 0 Å². The van der Waals surface area contributed by atoms with E-state index in [-0.39, 0.29) is 6.04 Å². The molecule has 3 rings (SSSR count). The molecule has 0 radical (unpaired) electrons. The zero-order chi connectivity index (χ0) is 17.6. The number of aromatic amines is 1. The van der Waals surface area contributed by atoms with E-state index in [1.165, 1.54) is 0 Å². The molecule has 8 heteroatoms. The molecule has 3 heterocycles. The topological polar surface area (TPSA) is 104 Å². The van der Waals surface area contributed by atoms with Crippen molar-refractivity contribution < 1.29 is 8.83 Å². The Morgan fingerprint density at radius 2 is 2.24 bits per heavy atom. The molecular weight excluding hydrogens is 320 g/mol. The van der Waals surface area contributed by atoms with Gasteiger partial charge in [0.05, 0.1) is 12.3 Å². The van der Waals surface area contributed by atoms with Crippen LogP contribution in [0.3, 0.4) is 0 Å². The van der Waals surface area contributed by atoms with Crippen LogP contribution in [0.5, 0.6) is 0 Å². The fraction of sp³-hybridized carbons (Fsp3) is 0.353. The molecule has 3 aromatic rings. The zero-order valence-electron chi connectivity index (χ0n) is 14.5. The fourth-order valence-electron chi connectivity index (χ4n) is 2.32. The minimum Gasteiger partial charge on any atom is -0.464 e. The second-order valence-electron chi connectivity index (χ2n) is 5.59. The van der Waals surface area contributed by atoms with Crippen LogP contribution in [0.25, 0.3) is 11.6 Å². The number of aromatic nitrogens is 3. The van der Waals surface area contributed by atoms with Crippen LogP contribution in [0.15, 0.2) is 44.4 Å². The third-order valence-corrected chi connectivity index (χ3v) is 3.55. The maximum atomic E-state index is 5.65. The van der Waals surface area contributed by atoms with Gasteiger partial charge in [0.1, 0.15) is 23.9 Å². The number of aryl methyl sites for hydroxylation is 1. The summed E-state index contributed by atoms with van der Waals surface area (Å²) in [6, 6.07) is 7.52. The van der Waals surface area contributed by atoms with Gasteiger partial charge < -0.3 is 19.5 Å². The Hall–Kier alpha value is -3.03. The van der Waals surface area contributed by atoms with Gasteiger partial charge in [-0.05, 0) is 45.0 Å². The molecule has 25 heavy (non-hydrogen) atoms. The van der Waals surface area contributed by atoms with E-state index < -0.39 is 0 Å². The molecule has 1 unspecified atom stereocenters. The van der Waals surface area contributed by atoms with Crippen LogP contribution in [0, 0.1) is 6.92 Å². The Labute approximate surface area is 145 Å². The summed E-state index contributed by atoms with van der Waals surface area (Å²) in [5.41, 5.74) is 0. The predicted octanol–water partition coefficient (Wildman–Crippen LogP) is 2.78. The Kier molecular flexibility index (Phi) is 5.17. The van der Waals surface area contributed by atoms with Crippen LogP contribution in [-0.2, 0) is 6.54 Å². The number of hydrogen-bond acceptors (Lipinski definition) is 5. The van der Waals surface area contributed by atoms with Crippen LogP contribution in [0.4, 0.5) is 0 Å². The molecule has 0 saturated carbocycles. The van der Waals surface area contributed by atoms with E-state index in [9.17, 15) is 0 Å². The first-order valence-electron chi connectivity index (χ1n) is 8.22. The van der Waals surface area contributed by atoms with Crippen molar-refractivity contribution in [1.82, 2.24) is 25.8 Å². The highest BCUT2D eigenvalue weighted by Gasteiger charge is 2.12. The molecule has 0 aliphatic rings. The molecule has 3 N–H and O–H groups in total. The summed E-state index contributed by atoms with van der Waals surface area (Å²) in [6.45, 7) is 7.09. The van der Waals surface area contributed by atoms with Gasteiger partial charge in [0.15, 0.2) is 11.7 Å². The summed E-state index contributed by atoms with van der Waals surface area (Å²) in [5.74, 6) is 4.23. The summed E-state index contributed by atoms with van der Waals surface area (Å²) in [7, 11) is 0. The third-order valence-electron chi connectivity index (χ3n) is 3.55. The van der Waals surface area contributed by atoms with E-state index >= 15 is 0 Å². The average Bonchev–Trinajstić information content (AvgIpc) is 3.33. The maximum absolute atomic E-state index is 5.65. The molecule has 1 atom stereocenters. The summed E-state index contributed by atoms with van der Waals surface area (Å²) in [5, 5.41) is 13.5. The van der Waals surface area contributed by atoms with Crippen LogP contribution >= 0.6 is 0 Å². The number of aliphatic imine (C=N–C) groups is 1. The molecular formula is C17H22N6O2. The normalized spacial score (nSPS) is 13.0. The Morgan fingerprint density at radius 3 is 2.92 bits per heavy atom. The number of H-pyrrole nitrogens is 1. The standard InChI is InChI=1S/C17H22N6O2/c1-4-18-17(20-12(3)13-8-7-11(2)25-13)19-10-15-21-16(23-22-15)14-6-5-9-24-14/h5-9,12H,4,10H2,1-3H3,(H2,18,19,20)(H,21,22,23). The number of nitrogens with one attached hydrogen (secondary N) is 3. The van der Waals surface area contributed by atoms with E-state index in [0.717, 1.165) is 18.1 Å². The average molecular weight is 342 g/mol. The highest BCUT2D eigenvalue weighted by molar-refractivity contribution is 5.80. The largest absolute Gasteiger partial charge is 0.464 e. The van der Waals surface area contributed by atoms with E-state index in [2.05, 4.69) is 30.8 Å². The monoisotopic (exact) mass is 342 g/mol. The summed E-state index contributed by atoms with van der Waals surface area (Å²) < 4.78 is 10.9. The van der Waals surface area contributed by atoms with Gasteiger partial charge >= 0.3 is 0 Å². The van der Waals surface area contributed by atoms with E-state index in [0.29, 0.717) is 29.9 Å². The minimum atomic E-state index is -0.0000873. The Bertz CT molecular complexity index is 818. The number of furan rings is 2. The lowest BCUT2D eigenvalue weighted by molar-refractivity contribution is 0.441. The first-order valence-corrected chi connectivity index (χ1v) is 8.22. The molecule has 0 aliphatic carbocycles. The molecule has 0 aliphatic heterocycles. The van der Waals surface area contributed by atoms with Crippen LogP contribution in [0.2, 0.25) is 0 Å². The second-order valence-corrected chi connectivity index (χ2v) is 5.59. The molecule has 0 saturated heterocycles. The molecule has 0 bridgehead atoms. The quantitative estimate of drug-likeness (QED) is 0.470. The van der Waals surface area contributed by atoms with Crippen molar-refractivity contribution in [1.29, 1.82) is 0 Å². The first kappa shape index (κ1) is 16.8. The smallest absolute Gasteiger partial charge is 0.216 e. The van der Waals surface area contributed by atoms with Crippen LogP contribution in [0.1, 0.15) is 37.2 Å². The van der Waals surface area contributed by atoms with Crippen molar-refractivity contribution in [3.05, 3.63) is 47.9 Å². The van der Waals surface area contributed by atoms with Gasteiger partial charge in [0, 0.05) is 6.54 Å². The van der Waals surface area contributed by atoms with E-state index in [4.69, 9.17) is 8.83 Å². The van der Waals surface area contributed by atoms with Crippen molar-refractivity contribution in [3.63, 3.8) is 0 Å². The SMILES string of the molecule is CCNC(=NCc1nc(-c2ccco2)n[nH]1)NC(C)c1ccc(C)o1. The molecule has 0 fully saturated rings. The third kappa shape index (κ3) is 4.28. The number of hydrogen-bond donors (Lipinski definition) is 3. The summed E-state index contributed by atoms with van der Waals surface area (Å²) in [6.07, 6.45) is 1.59. The highest BCUT2D eigenvalue weighted by Crippen LogP contribution is 2.16. The van der Waals surface area contributed by atoms with E-state index in [1.807, 2.05) is 39.0 Å². The lowest BCUT2D eigenvalue weighted by atomic mass is 10.2. The minimum absolute atomic E-state index is 0.0000873. The summed E-state index contributed by atoms with van der Waals surface area (Å²) >= 11 is 0. The first-order chi connectivity index (χ1) is 12.2. The van der Waals surface area contributed by atoms with Crippen LogP contribution < -0.4 is 10.6 Å². The molecule has 3 aromatic heterocycles. The van der Waals surface area contributed by atoms with Crippen molar-refractivity contribution in [3.8, 4) is 11.6 Å². The molecule has 0 spiro atoms. The van der Waals surface area contributed by atoms with Gasteiger partial charge in [-0.1, -0.05) is 0 Å². The number of nitrogens with zero attached hydrogens (tertiary/aromatic N) is 3. The molecule has 132 valence electrons. The van der Waals surface area contributed by atoms with E-state index in [1.54, 1.807) is 12.3 Å². The Balaban J connectivity index is 1.65. The highest BCUT2D eigenvalue weighted by atomic mass is 16.3. The van der Waals surface area contributed by atoms with Gasteiger partial charge in [-0.25, -0.2) is 9.98 Å². The van der Waals surface area contributed by atoms with Gasteiger partial charge in [0.2, 0.25) is 5.82 Å². The van der Waals surface area contributed by atoms with Crippen molar-refractivity contribution in [2.24, 2.45) is 4.99 Å². The molecule has 8 nitrogen and oxygen atoms in total. The Morgan fingerprint density at radius 1 is 1.36 bits per heavy atom. The molecule has 0 amide bonds. The van der Waals surface area contributed by atoms with Gasteiger partial charge in [-0.2, -0.15) is 0 Å². The second kappa shape index (κ2) is 7.69. The number of guanidine groups is 1.